The van der Waals surface area contributed by atoms with Gasteiger partial charge in [-0.05, 0) is 26.0 Å². The van der Waals surface area contributed by atoms with Gasteiger partial charge in [-0.1, -0.05) is 29.3 Å². The highest BCUT2D eigenvalue weighted by Gasteiger charge is 2.23. The van der Waals surface area contributed by atoms with Gasteiger partial charge in [0.2, 0.25) is 15.9 Å². The summed E-state index contributed by atoms with van der Waals surface area (Å²) in [5.74, 6) is -0.478. The van der Waals surface area contributed by atoms with Gasteiger partial charge in [-0.2, -0.15) is 4.31 Å². The van der Waals surface area contributed by atoms with E-state index in [1.54, 1.807) is 32.0 Å². The molecule has 0 aliphatic heterocycles. The minimum atomic E-state index is -3.46. The van der Waals surface area contributed by atoms with Crippen molar-refractivity contribution in [2.45, 2.75) is 19.9 Å². The summed E-state index contributed by atoms with van der Waals surface area (Å²) in [6, 6.07) is 4.51. The predicted molar refractivity (Wildman–Crippen MR) is 81.8 cm³/mol. The Bertz CT molecular complexity index is 603. The molecule has 1 aromatic rings. The van der Waals surface area contributed by atoms with Gasteiger partial charge in [-0.15, -0.1) is 0 Å². The quantitative estimate of drug-likeness (QED) is 0.897. The molecule has 1 aromatic carbocycles. The minimum absolute atomic E-state index is 0.220. The largest absolute Gasteiger partial charge is 0.324 e. The lowest BCUT2D eigenvalue weighted by Crippen LogP contribution is -2.41. The zero-order chi connectivity index (χ0) is 15.5. The number of hydrogen-bond donors (Lipinski definition) is 1. The first-order chi connectivity index (χ1) is 9.12. The second kappa shape index (κ2) is 6.76. The number of halogens is 2. The number of sulfonamides is 1. The van der Waals surface area contributed by atoms with Crippen LogP contribution in [0.3, 0.4) is 0 Å². The summed E-state index contributed by atoms with van der Waals surface area (Å²) >= 11 is 11.8. The molecule has 0 atom stereocenters. The van der Waals surface area contributed by atoms with Crippen LogP contribution in [-0.4, -0.2) is 37.5 Å². The molecule has 112 valence electrons. The van der Waals surface area contributed by atoms with Gasteiger partial charge < -0.3 is 5.32 Å². The molecule has 8 heteroatoms. The van der Waals surface area contributed by atoms with Crippen LogP contribution in [0, 0.1) is 0 Å². The first kappa shape index (κ1) is 17.2. The van der Waals surface area contributed by atoms with Crippen molar-refractivity contribution in [3.63, 3.8) is 0 Å². The summed E-state index contributed by atoms with van der Waals surface area (Å²) in [6.07, 6.45) is 1.06. The van der Waals surface area contributed by atoms with Crippen LogP contribution in [0.25, 0.3) is 0 Å². The molecular formula is C12H16Cl2N2O3S. The van der Waals surface area contributed by atoms with Gasteiger partial charge in [0, 0.05) is 6.04 Å². The lowest BCUT2D eigenvalue weighted by molar-refractivity contribution is -0.116. The Morgan fingerprint density at radius 2 is 1.95 bits per heavy atom. The van der Waals surface area contributed by atoms with Crippen LogP contribution in [0.2, 0.25) is 10.0 Å². The Morgan fingerprint density at radius 3 is 2.45 bits per heavy atom. The molecule has 0 aliphatic carbocycles. The van der Waals surface area contributed by atoms with E-state index in [0.29, 0.717) is 10.7 Å². The molecule has 0 saturated carbocycles. The van der Waals surface area contributed by atoms with Gasteiger partial charge in [0.15, 0.2) is 0 Å². The SMILES string of the molecule is CC(C)N(CC(=O)Nc1cccc(Cl)c1Cl)S(C)(=O)=O. The smallest absolute Gasteiger partial charge is 0.239 e. The van der Waals surface area contributed by atoms with Gasteiger partial charge in [0.25, 0.3) is 0 Å². The Morgan fingerprint density at radius 1 is 1.35 bits per heavy atom. The van der Waals surface area contributed by atoms with Crippen molar-refractivity contribution >= 4 is 44.8 Å². The highest BCUT2D eigenvalue weighted by Crippen LogP contribution is 2.29. The molecule has 1 amide bonds. The predicted octanol–water partition coefficient (Wildman–Crippen LogP) is 2.60. The topological polar surface area (TPSA) is 66.5 Å². The van der Waals surface area contributed by atoms with E-state index in [9.17, 15) is 13.2 Å². The third-order valence-electron chi connectivity index (χ3n) is 2.53. The standard InChI is InChI=1S/C12H16Cl2N2O3S/c1-8(2)16(20(3,18)19)7-11(17)15-10-6-4-5-9(13)12(10)14/h4-6,8H,7H2,1-3H3,(H,15,17). The normalized spacial score (nSPS) is 11.9. The van der Waals surface area contributed by atoms with Gasteiger partial charge in [0.05, 0.1) is 28.5 Å². The number of carbonyl (C=O) groups is 1. The van der Waals surface area contributed by atoms with E-state index in [2.05, 4.69) is 5.32 Å². The summed E-state index contributed by atoms with van der Waals surface area (Å²) in [7, 11) is -3.46. The van der Waals surface area contributed by atoms with E-state index in [1.807, 2.05) is 0 Å². The molecule has 0 unspecified atom stereocenters. The molecule has 0 bridgehead atoms. The third-order valence-corrected chi connectivity index (χ3v) is 4.75. The number of anilines is 1. The van der Waals surface area contributed by atoms with E-state index in [4.69, 9.17) is 23.2 Å². The van der Waals surface area contributed by atoms with Gasteiger partial charge in [-0.3, -0.25) is 4.79 Å². The zero-order valence-corrected chi connectivity index (χ0v) is 13.7. The fourth-order valence-electron chi connectivity index (χ4n) is 1.61. The minimum Gasteiger partial charge on any atom is -0.324 e. The number of amides is 1. The van der Waals surface area contributed by atoms with Crippen molar-refractivity contribution in [1.82, 2.24) is 4.31 Å². The van der Waals surface area contributed by atoms with Crippen molar-refractivity contribution in [2.75, 3.05) is 18.1 Å². The van der Waals surface area contributed by atoms with E-state index < -0.39 is 15.9 Å². The first-order valence-corrected chi connectivity index (χ1v) is 8.44. The van der Waals surface area contributed by atoms with E-state index in [1.165, 1.54) is 0 Å². The summed E-state index contributed by atoms with van der Waals surface area (Å²) in [6.45, 7) is 3.11. The molecule has 0 fully saturated rings. The Hall–Kier alpha value is -0.820. The van der Waals surface area contributed by atoms with Gasteiger partial charge in [-0.25, -0.2) is 8.42 Å². The second-order valence-electron chi connectivity index (χ2n) is 4.55. The first-order valence-electron chi connectivity index (χ1n) is 5.83. The summed E-state index contributed by atoms with van der Waals surface area (Å²) in [4.78, 5) is 11.9. The number of nitrogens with zero attached hydrogens (tertiary/aromatic N) is 1. The Kier molecular flexibility index (Phi) is 5.82. The second-order valence-corrected chi connectivity index (χ2v) is 7.27. The number of carbonyl (C=O) groups excluding carboxylic acids is 1. The molecule has 0 aliphatic rings. The summed E-state index contributed by atoms with van der Waals surface area (Å²) in [5.41, 5.74) is 0.348. The number of hydrogen-bond acceptors (Lipinski definition) is 3. The van der Waals surface area contributed by atoms with E-state index in [0.717, 1.165) is 10.6 Å². The molecule has 20 heavy (non-hydrogen) atoms. The lowest BCUT2D eigenvalue weighted by atomic mass is 10.3. The molecule has 0 saturated heterocycles. The van der Waals surface area contributed by atoms with Crippen LogP contribution in [0.15, 0.2) is 18.2 Å². The fraction of sp³-hybridized carbons (Fsp3) is 0.417. The van der Waals surface area contributed by atoms with Crippen LogP contribution < -0.4 is 5.32 Å². The van der Waals surface area contributed by atoms with Crippen LogP contribution in [0.4, 0.5) is 5.69 Å². The molecular weight excluding hydrogens is 323 g/mol. The van der Waals surface area contributed by atoms with Crippen LogP contribution in [0.5, 0.6) is 0 Å². The monoisotopic (exact) mass is 338 g/mol. The number of benzene rings is 1. The van der Waals surface area contributed by atoms with Crippen molar-refractivity contribution < 1.29 is 13.2 Å². The number of rotatable bonds is 5. The van der Waals surface area contributed by atoms with Crippen LogP contribution in [-0.2, 0) is 14.8 Å². The van der Waals surface area contributed by atoms with Crippen LogP contribution >= 0.6 is 23.2 Å². The van der Waals surface area contributed by atoms with Gasteiger partial charge in [0.1, 0.15) is 0 Å². The maximum atomic E-state index is 11.9. The fourth-order valence-corrected chi connectivity index (χ4v) is 3.08. The van der Waals surface area contributed by atoms with Gasteiger partial charge >= 0.3 is 0 Å². The molecule has 5 nitrogen and oxygen atoms in total. The maximum absolute atomic E-state index is 11.9. The van der Waals surface area contributed by atoms with Crippen molar-refractivity contribution in [1.29, 1.82) is 0 Å². The molecule has 0 heterocycles. The summed E-state index contributed by atoms with van der Waals surface area (Å²) in [5, 5.41) is 3.08. The van der Waals surface area contributed by atoms with Crippen molar-refractivity contribution in [2.24, 2.45) is 0 Å². The van der Waals surface area contributed by atoms with E-state index >= 15 is 0 Å². The average molecular weight is 339 g/mol. The highest BCUT2D eigenvalue weighted by molar-refractivity contribution is 7.88. The molecule has 1 rings (SSSR count). The van der Waals surface area contributed by atoms with Crippen molar-refractivity contribution in [3.05, 3.63) is 28.2 Å². The molecule has 1 N–H and O–H groups in total. The van der Waals surface area contributed by atoms with Crippen LogP contribution in [0.1, 0.15) is 13.8 Å². The maximum Gasteiger partial charge on any atom is 0.239 e. The summed E-state index contributed by atoms with van der Waals surface area (Å²) < 4.78 is 24.3. The molecule has 0 aromatic heterocycles. The highest BCUT2D eigenvalue weighted by atomic mass is 35.5. The molecule has 0 spiro atoms. The number of nitrogens with one attached hydrogen (secondary N) is 1. The molecule has 0 radical (unpaired) electrons. The third kappa shape index (κ3) is 4.63. The average Bonchev–Trinajstić information content (AvgIpc) is 2.30. The lowest BCUT2D eigenvalue weighted by Gasteiger charge is -2.23. The van der Waals surface area contributed by atoms with E-state index in [-0.39, 0.29) is 17.6 Å². The Labute approximate surface area is 128 Å². The zero-order valence-electron chi connectivity index (χ0n) is 11.4. The van der Waals surface area contributed by atoms with Crippen molar-refractivity contribution in [3.8, 4) is 0 Å². The Balaban J connectivity index is 2.84.